The predicted octanol–water partition coefficient (Wildman–Crippen LogP) is 0.454. The first-order chi connectivity index (χ1) is 10.6. The van der Waals surface area contributed by atoms with Gasteiger partial charge in [0.2, 0.25) is 5.88 Å². The predicted molar refractivity (Wildman–Crippen MR) is 89.5 cm³/mol. The van der Waals surface area contributed by atoms with Crippen LogP contribution >= 0.6 is 11.6 Å². The maximum Gasteiger partial charge on any atom is 0.237 e. The summed E-state index contributed by atoms with van der Waals surface area (Å²) in [5.74, 6) is 0.132. The molecular weight excluding hydrogens is 316 g/mol. The molecule has 0 aliphatic carbocycles. The number of halogens is 1. The second kappa shape index (κ2) is 5.49. The summed E-state index contributed by atoms with van der Waals surface area (Å²) in [6.45, 7) is 0. The lowest BCUT2D eigenvalue weighted by atomic mass is 10.1. The molecule has 2 aliphatic heterocycles. The number of anilines is 1. The van der Waals surface area contributed by atoms with E-state index in [0.717, 1.165) is 21.8 Å². The number of nitrogens with zero attached hydrogens (tertiary/aromatic N) is 3. The Bertz CT molecular complexity index is 908. The summed E-state index contributed by atoms with van der Waals surface area (Å²) in [5, 5.41) is 14.8. The molecule has 2 aromatic rings. The van der Waals surface area contributed by atoms with E-state index >= 15 is 0 Å². The van der Waals surface area contributed by atoms with Crippen LogP contribution in [0.25, 0.3) is 11.9 Å². The summed E-state index contributed by atoms with van der Waals surface area (Å²) in [4.78, 5) is 5.96. The normalized spacial score (nSPS) is 15.5. The van der Waals surface area contributed by atoms with E-state index in [1.807, 2.05) is 42.4 Å². The van der Waals surface area contributed by atoms with E-state index in [2.05, 4.69) is 10.4 Å². The van der Waals surface area contributed by atoms with Crippen molar-refractivity contribution in [3.8, 4) is 0 Å². The van der Waals surface area contributed by atoms with Gasteiger partial charge in [0, 0.05) is 23.7 Å². The Kier molecular flexibility index (Phi) is 3.63. The van der Waals surface area contributed by atoms with E-state index in [-0.39, 0.29) is 11.4 Å². The van der Waals surface area contributed by atoms with Crippen molar-refractivity contribution in [1.82, 2.24) is 15.3 Å². The fourth-order valence-electron chi connectivity index (χ4n) is 2.75. The molecule has 0 saturated heterocycles. The highest BCUT2D eigenvalue weighted by atomic mass is 35.5. The molecule has 1 aromatic heterocycles. The maximum absolute atomic E-state index is 10.6. The van der Waals surface area contributed by atoms with Crippen molar-refractivity contribution in [2.75, 3.05) is 12.1 Å². The van der Waals surface area contributed by atoms with E-state index in [0.29, 0.717) is 10.8 Å². The average molecular weight is 331 g/mol. The zero-order chi connectivity index (χ0) is 15.3. The molecule has 0 amide bonds. The first-order valence-electron chi connectivity index (χ1n) is 6.81. The lowest BCUT2D eigenvalue weighted by Gasteiger charge is -2.19. The van der Waals surface area contributed by atoms with Crippen molar-refractivity contribution in [1.29, 1.82) is 0 Å². The monoisotopic (exact) mass is 330 g/mol. The molecule has 23 heavy (non-hydrogen) atoms. The highest BCUT2D eigenvalue weighted by Crippen LogP contribution is 2.30. The van der Waals surface area contributed by atoms with Crippen molar-refractivity contribution in [2.45, 2.75) is 0 Å². The second-order valence-corrected chi connectivity index (χ2v) is 5.55. The minimum absolute atomic E-state index is 0. The lowest BCUT2D eigenvalue weighted by molar-refractivity contribution is 0.376. The number of hydrogen-bond donors (Lipinski definition) is 2. The Morgan fingerprint density at radius 2 is 1.96 bits per heavy atom. The molecule has 0 atom stereocenters. The van der Waals surface area contributed by atoms with Crippen LogP contribution in [0.1, 0.15) is 0 Å². The van der Waals surface area contributed by atoms with E-state index < -0.39 is 0 Å². The summed E-state index contributed by atoms with van der Waals surface area (Å²) in [7, 11) is 1.91. The van der Waals surface area contributed by atoms with Gasteiger partial charge in [-0.2, -0.15) is 0 Å². The van der Waals surface area contributed by atoms with Gasteiger partial charge in [-0.15, -0.1) is 0 Å². The third kappa shape index (κ3) is 2.28. The standard InChI is InChI=1S/C16H13ClN4O.H2O/c1-20-9-10-4-2-3-5-12(10)14-15(20)16(22)21(19-14)11-6-7-13(17)18-8-11;/h2-9,19,22H,1H3;1H2. The van der Waals surface area contributed by atoms with Gasteiger partial charge in [0.25, 0.3) is 0 Å². The summed E-state index contributed by atoms with van der Waals surface area (Å²) in [5.41, 5.74) is 5.56. The molecule has 4 rings (SSSR count). The number of nitrogens with one attached hydrogen (secondary N) is 1. The van der Waals surface area contributed by atoms with E-state index in [1.54, 1.807) is 23.3 Å². The molecule has 3 heterocycles. The van der Waals surface area contributed by atoms with Gasteiger partial charge in [-0.3, -0.25) is 5.43 Å². The molecule has 118 valence electrons. The van der Waals surface area contributed by atoms with Gasteiger partial charge in [-0.05, 0) is 12.1 Å². The number of aliphatic hydroxyl groups excluding tert-OH is 1. The van der Waals surface area contributed by atoms with Crippen molar-refractivity contribution in [3.05, 3.63) is 69.8 Å². The van der Waals surface area contributed by atoms with E-state index in [9.17, 15) is 5.11 Å². The number of likely N-dealkylation sites (N-methyl/N-ethyl adjacent to an activating group) is 1. The first-order valence-corrected chi connectivity index (χ1v) is 7.19. The molecule has 0 spiro atoms. The van der Waals surface area contributed by atoms with Gasteiger partial charge in [-0.25, -0.2) is 9.99 Å². The number of pyridine rings is 1. The lowest BCUT2D eigenvalue weighted by Crippen LogP contribution is -2.40. The van der Waals surface area contributed by atoms with Crippen LogP contribution in [-0.2, 0) is 0 Å². The zero-order valence-electron chi connectivity index (χ0n) is 12.3. The maximum atomic E-state index is 10.6. The molecule has 0 fully saturated rings. The Morgan fingerprint density at radius 1 is 1.17 bits per heavy atom. The van der Waals surface area contributed by atoms with Gasteiger partial charge in [0.05, 0.1) is 17.6 Å². The molecule has 4 N–H and O–H groups in total. The van der Waals surface area contributed by atoms with Crippen molar-refractivity contribution < 1.29 is 10.6 Å². The highest BCUT2D eigenvalue weighted by Gasteiger charge is 2.31. The van der Waals surface area contributed by atoms with Crippen molar-refractivity contribution in [2.24, 2.45) is 0 Å². The summed E-state index contributed by atoms with van der Waals surface area (Å²) in [6.07, 6.45) is 3.61. The molecule has 2 aliphatic rings. The second-order valence-electron chi connectivity index (χ2n) is 5.16. The number of hydrogen-bond acceptors (Lipinski definition) is 5. The van der Waals surface area contributed by atoms with Crippen LogP contribution < -0.4 is 20.9 Å². The number of aliphatic hydroxyl groups is 1. The quantitative estimate of drug-likeness (QED) is 0.742. The van der Waals surface area contributed by atoms with E-state index in [1.165, 1.54) is 0 Å². The largest absolute Gasteiger partial charge is 0.492 e. The number of fused-ring (bicyclic) bond motifs is 2. The van der Waals surface area contributed by atoms with E-state index in [4.69, 9.17) is 11.6 Å². The Labute approximate surface area is 137 Å². The molecule has 0 radical (unpaired) electrons. The Morgan fingerprint density at radius 3 is 2.70 bits per heavy atom. The van der Waals surface area contributed by atoms with Crippen LogP contribution in [0.3, 0.4) is 0 Å². The highest BCUT2D eigenvalue weighted by molar-refractivity contribution is 6.29. The van der Waals surface area contributed by atoms with Crippen LogP contribution in [0.4, 0.5) is 5.69 Å². The van der Waals surface area contributed by atoms with Crippen LogP contribution in [0.15, 0.2) is 54.2 Å². The summed E-state index contributed by atoms with van der Waals surface area (Å²) in [6, 6.07) is 11.5. The number of aromatic nitrogens is 1. The molecule has 0 bridgehead atoms. The molecule has 1 aromatic carbocycles. The van der Waals surface area contributed by atoms with Crippen LogP contribution in [0, 0.1) is 0 Å². The third-order valence-corrected chi connectivity index (χ3v) is 3.99. The molecular formula is C16H15ClN4O2. The van der Waals surface area contributed by atoms with Crippen molar-refractivity contribution in [3.63, 3.8) is 0 Å². The van der Waals surface area contributed by atoms with Gasteiger partial charge in [-0.1, -0.05) is 35.9 Å². The van der Waals surface area contributed by atoms with Crippen LogP contribution in [0.2, 0.25) is 5.15 Å². The first kappa shape index (κ1) is 15.2. The molecule has 6 nitrogen and oxygen atoms in total. The summed E-state index contributed by atoms with van der Waals surface area (Å²) >= 11 is 5.82. The van der Waals surface area contributed by atoms with Crippen LogP contribution in [0.5, 0.6) is 0 Å². The van der Waals surface area contributed by atoms with Gasteiger partial charge >= 0.3 is 0 Å². The summed E-state index contributed by atoms with van der Waals surface area (Å²) < 4.78 is 0. The van der Waals surface area contributed by atoms with Gasteiger partial charge in [0.1, 0.15) is 10.9 Å². The fourth-order valence-corrected chi connectivity index (χ4v) is 2.87. The molecule has 0 unspecified atom stereocenters. The fraction of sp³-hybridized carbons (Fsp3) is 0.0625. The van der Waals surface area contributed by atoms with Gasteiger partial charge < -0.3 is 15.5 Å². The Hall–Kier alpha value is -2.70. The number of hydrazine groups is 1. The third-order valence-electron chi connectivity index (χ3n) is 3.77. The number of rotatable bonds is 1. The molecule has 0 saturated carbocycles. The minimum Gasteiger partial charge on any atom is -0.492 e. The smallest absolute Gasteiger partial charge is 0.237 e. The van der Waals surface area contributed by atoms with Crippen LogP contribution in [-0.4, -0.2) is 27.5 Å². The Balaban J connectivity index is 0.00000156. The average Bonchev–Trinajstić information content (AvgIpc) is 2.87. The SMILES string of the molecule is CN1C=c2ccccc2=C2NN(c3ccc(Cl)nc3)C(O)=C21.O. The minimum atomic E-state index is 0. The number of benzene rings is 1. The van der Waals surface area contributed by atoms with Gasteiger partial charge in [0.15, 0.2) is 0 Å². The zero-order valence-corrected chi connectivity index (χ0v) is 13.0. The topological polar surface area (TPSA) is 83.1 Å². The molecule has 7 heteroatoms. The van der Waals surface area contributed by atoms with Crippen molar-refractivity contribution >= 4 is 29.2 Å².